The number of guanidine groups is 1. The summed E-state index contributed by atoms with van der Waals surface area (Å²) in [5.41, 5.74) is 2.38. The predicted octanol–water partition coefficient (Wildman–Crippen LogP) is 3.90. The maximum absolute atomic E-state index is 5.24. The molecule has 0 aliphatic carbocycles. The molecule has 2 rings (SSSR count). The highest BCUT2D eigenvalue weighted by Crippen LogP contribution is 2.14. The average Bonchev–Trinajstić information content (AvgIpc) is 2.62. The lowest BCUT2D eigenvalue weighted by Crippen LogP contribution is -2.36. The lowest BCUT2D eigenvalue weighted by Gasteiger charge is -2.12. The Balaban J connectivity index is 0.00000288. The van der Waals surface area contributed by atoms with Gasteiger partial charge in [0.15, 0.2) is 5.96 Å². The minimum Gasteiger partial charge on any atom is -0.497 e. The highest BCUT2D eigenvalue weighted by molar-refractivity contribution is 14.0. The van der Waals surface area contributed by atoms with Crippen molar-refractivity contribution < 1.29 is 4.74 Å². The van der Waals surface area contributed by atoms with Gasteiger partial charge >= 0.3 is 0 Å². The molecule has 0 atom stereocenters. The van der Waals surface area contributed by atoms with Gasteiger partial charge in [0.05, 0.1) is 7.11 Å². The fraction of sp³-hybridized carbons (Fsp3) is 0.278. The van der Waals surface area contributed by atoms with Crippen molar-refractivity contribution in [3.63, 3.8) is 0 Å². The Labute approximate surface area is 165 Å². The number of methoxy groups -OCH3 is 1. The van der Waals surface area contributed by atoms with Crippen molar-refractivity contribution in [1.29, 1.82) is 0 Å². The topological polar surface area (TPSA) is 45.7 Å². The Morgan fingerprint density at radius 2 is 1.71 bits per heavy atom. The molecule has 2 aromatic carbocycles. The van der Waals surface area contributed by atoms with Gasteiger partial charge in [-0.05, 0) is 41.6 Å². The van der Waals surface area contributed by atoms with Crippen LogP contribution < -0.4 is 15.4 Å². The van der Waals surface area contributed by atoms with E-state index in [0.717, 1.165) is 23.8 Å². The molecule has 2 N–H and O–H groups in total. The molecule has 24 heavy (non-hydrogen) atoms. The molecular weight excluding hydrogens is 433 g/mol. The van der Waals surface area contributed by atoms with E-state index in [1.165, 1.54) is 10.5 Å². The van der Waals surface area contributed by atoms with Crippen molar-refractivity contribution in [2.75, 3.05) is 20.4 Å². The van der Waals surface area contributed by atoms with Gasteiger partial charge in [0.1, 0.15) is 5.75 Å². The summed E-state index contributed by atoms with van der Waals surface area (Å²) >= 11 is 1.75. The third-order valence-electron chi connectivity index (χ3n) is 3.44. The molecule has 2 aromatic rings. The first-order valence-corrected chi connectivity index (χ1v) is 8.68. The summed E-state index contributed by atoms with van der Waals surface area (Å²) in [5.74, 6) is 1.64. The molecule has 0 aliphatic rings. The van der Waals surface area contributed by atoms with Crippen molar-refractivity contribution in [3.8, 4) is 5.75 Å². The first-order chi connectivity index (χ1) is 11.2. The van der Waals surface area contributed by atoms with E-state index < -0.39 is 0 Å². The molecule has 0 bridgehead atoms. The van der Waals surface area contributed by atoms with E-state index in [0.29, 0.717) is 6.54 Å². The van der Waals surface area contributed by atoms with Gasteiger partial charge in [0, 0.05) is 25.0 Å². The smallest absolute Gasteiger partial charge is 0.191 e. The average molecular weight is 457 g/mol. The largest absolute Gasteiger partial charge is 0.497 e. The van der Waals surface area contributed by atoms with E-state index in [2.05, 4.69) is 52.2 Å². The summed E-state index contributed by atoms with van der Waals surface area (Å²) in [6.45, 7) is 1.44. The van der Waals surface area contributed by atoms with Crippen molar-refractivity contribution in [2.24, 2.45) is 4.99 Å². The van der Waals surface area contributed by atoms with Gasteiger partial charge in [-0.25, -0.2) is 0 Å². The highest BCUT2D eigenvalue weighted by atomic mass is 127. The zero-order valence-electron chi connectivity index (χ0n) is 14.2. The molecule has 0 saturated heterocycles. The van der Waals surface area contributed by atoms with Gasteiger partial charge in [-0.3, -0.25) is 4.99 Å². The summed E-state index contributed by atoms with van der Waals surface area (Å²) < 4.78 is 5.24. The van der Waals surface area contributed by atoms with Crippen LogP contribution in [0.5, 0.6) is 5.75 Å². The summed E-state index contributed by atoms with van der Waals surface area (Å²) in [5, 5.41) is 6.63. The highest BCUT2D eigenvalue weighted by Gasteiger charge is 2.00. The monoisotopic (exact) mass is 457 g/mol. The second-order valence-corrected chi connectivity index (χ2v) is 5.86. The van der Waals surface area contributed by atoms with E-state index in [9.17, 15) is 0 Å². The second kappa shape index (κ2) is 11.2. The number of aliphatic imine (C=N–C) groups is 1. The lowest BCUT2D eigenvalue weighted by atomic mass is 10.2. The van der Waals surface area contributed by atoms with Gasteiger partial charge in [-0.1, -0.05) is 24.3 Å². The van der Waals surface area contributed by atoms with Crippen molar-refractivity contribution in [1.82, 2.24) is 10.6 Å². The maximum atomic E-state index is 5.24. The molecule has 0 fully saturated rings. The number of hydrogen-bond donors (Lipinski definition) is 2. The van der Waals surface area contributed by atoms with Gasteiger partial charge in [-0.15, -0.1) is 35.7 Å². The number of thioether (sulfide) groups is 1. The molecule has 0 aliphatic heterocycles. The molecule has 0 saturated carbocycles. The van der Waals surface area contributed by atoms with E-state index in [1.54, 1.807) is 25.9 Å². The minimum absolute atomic E-state index is 0. The van der Waals surface area contributed by atoms with E-state index in [-0.39, 0.29) is 24.0 Å². The molecule has 0 unspecified atom stereocenters. The van der Waals surface area contributed by atoms with Crippen LogP contribution in [0, 0.1) is 0 Å². The maximum Gasteiger partial charge on any atom is 0.191 e. The van der Waals surface area contributed by atoms with Gasteiger partial charge in [0.2, 0.25) is 0 Å². The Hall–Kier alpha value is -1.41. The SMILES string of the molecule is CN=C(NCc1ccc(SC)cc1)NCc1cccc(OC)c1.I. The number of rotatable bonds is 6. The van der Waals surface area contributed by atoms with Crippen LogP contribution >= 0.6 is 35.7 Å². The molecule has 6 heteroatoms. The summed E-state index contributed by atoms with van der Waals surface area (Å²) in [6, 6.07) is 16.5. The molecule has 4 nitrogen and oxygen atoms in total. The lowest BCUT2D eigenvalue weighted by molar-refractivity contribution is 0.414. The van der Waals surface area contributed by atoms with E-state index in [4.69, 9.17) is 4.74 Å². The summed E-state index contributed by atoms with van der Waals surface area (Å²) in [6.07, 6.45) is 2.08. The standard InChI is InChI=1S/C18H23N3OS.HI/c1-19-18(20-12-14-7-9-17(23-3)10-8-14)21-13-15-5-4-6-16(11-15)22-2;/h4-11H,12-13H2,1-3H3,(H2,19,20,21);1H. The Kier molecular flexibility index (Phi) is 9.63. The number of hydrogen-bond acceptors (Lipinski definition) is 3. The summed E-state index contributed by atoms with van der Waals surface area (Å²) in [7, 11) is 3.45. The van der Waals surface area contributed by atoms with Crippen LogP contribution in [0.1, 0.15) is 11.1 Å². The molecule has 0 aromatic heterocycles. The zero-order chi connectivity index (χ0) is 16.5. The normalized spacial score (nSPS) is 10.7. The molecule has 0 heterocycles. The first kappa shape index (κ1) is 20.6. The second-order valence-electron chi connectivity index (χ2n) is 4.98. The Morgan fingerprint density at radius 3 is 2.29 bits per heavy atom. The fourth-order valence-electron chi connectivity index (χ4n) is 2.12. The van der Waals surface area contributed by atoms with Crippen molar-refractivity contribution in [3.05, 3.63) is 59.7 Å². The number of ether oxygens (including phenoxy) is 1. The Morgan fingerprint density at radius 1 is 1.04 bits per heavy atom. The third-order valence-corrected chi connectivity index (χ3v) is 4.18. The number of halogens is 1. The van der Waals surface area contributed by atoms with Gasteiger partial charge in [-0.2, -0.15) is 0 Å². The van der Waals surface area contributed by atoms with Crippen molar-refractivity contribution in [2.45, 2.75) is 18.0 Å². The summed E-state index contributed by atoms with van der Waals surface area (Å²) in [4.78, 5) is 5.53. The number of nitrogens with zero attached hydrogens (tertiary/aromatic N) is 1. The van der Waals surface area contributed by atoms with Crippen LogP contribution in [0.4, 0.5) is 0 Å². The first-order valence-electron chi connectivity index (χ1n) is 7.45. The molecular formula is C18H24IN3OS. The fourth-order valence-corrected chi connectivity index (χ4v) is 2.53. The van der Waals surface area contributed by atoms with Crippen LogP contribution in [-0.4, -0.2) is 26.4 Å². The van der Waals surface area contributed by atoms with E-state index in [1.807, 2.05) is 18.2 Å². The molecule has 0 radical (unpaired) electrons. The van der Waals surface area contributed by atoms with E-state index >= 15 is 0 Å². The van der Waals surface area contributed by atoms with Gasteiger partial charge in [0.25, 0.3) is 0 Å². The van der Waals surface area contributed by atoms with Crippen LogP contribution in [0.2, 0.25) is 0 Å². The van der Waals surface area contributed by atoms with Crippen LogP contribution in [0.3, 0.4) is 0 Å². The quantitative estimate of drug-likeness (QED) is 0.299. The van der Waals surface area contributed by atoms with Crippen LogP contribution in [0.15, 0.2) is 58.4 Å². The minimum atomic E-state index is 0. The number of nitrogens with one attached hydrogen (secondary N) is 2. The number of benzene rings is 2. The predicted molar refractivity (Wildman–Crippen MR) is 114 cm³/mol. The molecule has 130 valence electrons. The van der Waals surface area contributed by atoms with Crippen molar-refractivity contribution >= 4 is 41.7 Å². The van der Waals surface area contributed by atoms with Crippen LogP contribution in [0.25, 0.3) is 0 Å². The van der Waals surface area contributed by atoms with Crippen LogP contribution in [-0.2, 0) is 13.1 Å². The zero-order valence-corrected chi connectivity index (χ0v) is 17.4. The molecule has 0 amide bonds. The Bertz CT molecular complexity index is 647. The van der Waals surface area contributed by atoms with Gasteiger partial charge < -0.3 is 15.4 Å². The molecule has 0 spiro atoms. The third kappa shape index (κ3) is 6.60.